The standard InChI is InChI=1S/C15H20O2/c1-10-7-5-6-8-11(10)12-9-13(12)14(16)17-15(2,3)4/h5-8,12-13H,9H2,1-4H3. The lowest BCUT2D eigenvalue weighted by Gasteiger charge is -2.19. The fraction of sp³-hybridized carbons (Fsp3) is 0.533. The first-order chi connectivity index (χ1) is 7.88. The second-order valence-electron chi connectivity index (χ2n) is 5.84. The molecule has 0 radical (unpaired) electrons. The molecule has 1 fully saturated rings. The van der Waals surface area contributed by atoms with Crippen LogP contribution in [0.4, 0.5) is 0 Å². The highest BCUT2D eigenvalue weighted by Gasteiger charge is 2.46. The Balaban J connectivity index is 2.02. The van der Waals surface area contributed by atoms with Crippen LogP contribution in [-0.2, 0) is 9.53 Å². The van der Waals surface area contributed by atoms with Gasteiger partial charge in [0.2, 0.25) is 0 Å². The highest BCUT2D eigenvalue weighted by molar-refractivity contribution is 5.78. The Hall–Kier alpha value is -1.31. The van der Waals surface area contributed by atoms with E-state index in [2.05, 4.69) is 19.1 Å². The van der Waals surface area contributed by atoms with Gasteiger partial charge < -0.3 is 4.74 Å². The Kier molecular flexibility index (Phi) is 2.98. The second-order valence-corrected chi connectivity index (χ2v) is 5.84. The van der Waals surface area contributed by atoms with Crippen LogP contribution in [-0.4, -0.2) is 11.6 Å². The summed E-state index contributed by atoms with van der Waals surface area (Å²) >= 11 is 0. The van der Waals surface area contributed by atoms with Crippen molar-refractivity contribution in [3.63, 3.8) is 0 Å². The van der Waals surface area contributed by atoms with E-state index >= 15 is 0 Å². The number of aryl methyl sites for hydroxylation is 1. The van der Waals surface area contributed by atoms with E-state index in [0.29, 0.717) is 5.92 Å². The molecular weight excluding hydrogens is 212 g/mol. The minimum absolute atomic E-state index is 0.0502. The fourth-order valence-electron chi connectivity index (χ4n) is 2.18. The lowest BCUT2D eigenvalue weighted by Crippen LogP contribution is -2.25. The Labute approximate surface area is 103 Å². The summed E-state index contributed by atoms with van der Waals surface area (Å²) in [7, 11) is 0. The van der Waals surface area contributed by atoms with Gasteiger partial charge in [-0.05, 0) is 51.2 Å². The van der Waals surface area contributed by atoms with Crippen LogP contribution in [0.25, 0.3) is 0 Å². The number of ether oxygens (including phenoxy) is 1. The lowest BCUT2D eigenvalue weighted by atomic mass is 10.0. The van der Waals surface area contributed by atoms with Crippen molar-refractivity contribution in [1.82, 2.24) is 0 Å². The molecule has 0 heterocycles. The maximum atomic E-state index is 11.9. The van der Waals surface area contributed by atoms with Crippen molar-refractivity contribution >= 4 is 5.97 Å². The first-order valence-corrected chi connectivity index (χ1v) is 6.17. The minimum Gasteiger partial charge on any atom is -0.460 e. The van der Waals surface area contributed by atoms with E-state index in [9.17, 15) is 4.79 Å². The number of carbonyl (C=O) groups is 1. The Morgan fingerprint density at radius 2 is 1.94 bits per heavy atom. The molecule has 17 heavy (non-hydrogen) atoms. The largest absolute Gasteiger partial charge is 0.460 e. The fourth-order valence-corrected chi connectivity index (χ4v) is 2.18. The normalized spacial score (nSPS) is 23.3. The van der Waals surface area contributed by atoms with Crippen molar-refractivity contribution in [1.29, 1.82) is 0 Å². The number of carbonyl (C=O) groups excluding carboxylic acids is 1. The van der Waals surface area contributed by atoms with E-state index in [4.69, 9.17) is 4.74 Å². The highest BCUT2D eigenvalue weighted by Crippen LogP contribution is 2.49. The average Bonchev–Trinajstić information content (AvgIpc) is 2.95. The number of hydrogen-bond acceptors (Lipinski definition) is 2. The summed E-state index contributed by atoms with van der Waals surface area (Å²) in [6, 6.07) is 8.28. The molecule has 0 amide bonds. The Bertz CT molecular complexity index is 429. The summed E-state index contributed by atoms with van der Waals surface area (Å²) in [6.07, 6.45) is 0.930. The van der Waals surface area contributed by atoms with Crippen molar-refractivity contribution in [3.8, 4) is 0 Å². The average molecular weight is 232 g/mol. The Morgan fingerprint density at radius 3 is 2.53 bits per heavy atom. The molecule has 0 spiro atoms. The van der Waals surface area contributed by atoms with Gasteiger partial charge in [0.15, 0.2) is 0 Å². The summed E-state index contributed by atoms with van der Waals surface area (Å²) in [4.78, 5) is 11.9. The van der Waals surface area contributed by atoms with E-state index in [1.165, 1.54) is 11.1 Å². The van der Waals surface area contributed by atoms with Gasteiger partial charge in [0.05, 0.1) is 5.92 Å². The molecule has 2 unspecified atom stereocenters. The van der Waals surface area contributed by atoms with E-state index in [1.54, 1.807) is 0 Å². The molecule has 0 aliphatic heterocycles. The quantitative estimate of drug-likeness (QED) is 0.730. The molecule has 0 bridgehead atoms. The molecule has 2 rings (SSSR count). The SMILES string of the molecule is Cc1ccccc1C1CC1C(=O)OC(C)(C)C. The summed E-state index contributed by atoms with van der Waals surface area (Å²) in [6.45, 7) is 7.84. The molecule has 2 atom stereocenters. The third kappa shape index (κ3) is 2.87. The van der Waals surface area contributed by atoms with Crippen LogP contribution in [0.5, 0.6) is 0 Å². The molecule has 1 aromatic rings. The molecule has 2 nitrogen and oxygen atoms in total. The molecular formula is C15H20O2. The van der Waals surface area contributed by atoms with Crippen LogP contribution < -0.4 is 0 Å². The number of esters is 1. The maximum Gasteiger partial charge on any atom is 0.310 e. The van der Waals surface area contributed by atoms with Crippen LogP contribution in [0.2, 0.25) is 0 Å². The predicted molar refractivity (Wildman–Crippen MR) is 67.9 cm³/mol. The summed E-state index contributed by atoms with van der Waals surface area (Å²) < 4.78 is 5.41. The molecule has 2 heteroatoms. The number of rotatable bonds is 2. The topological polar surface area (TPSA) is 26.3 Å². The molecule has 1 aromatic carbocycles. The van der Waals surface area contributed by atoms with E-state index in [0.717, 1.165) is 6.42 Å². The molecule has 1 aliphatic rings. The van der Waals surface area contributed by atoms with Gasteiger partial charge in [-0.25, -0.2) is 0 Å². The zero-order valence-corrected chi connectivity index (χ0v) is 11.0. The van der Waals surface area contributed by atoms with Gasteiger partial charge in [0, 0.05) is 0 Å². The molecule has 0 saturated heterocycles. The molecule has 1 aliphatic carbocycles. The van der Waals surface area contributed by atoms with Crippen molar-refractivity contribution in [2.75, 3.05) is 0 Å². The number of benzene rings is 1. The van der Waals surface area contributed by atoms with E-state index in [1.807, 2.05) is 32.9 Å². The van der Waals surface area contributed by atoms with Gasteiger partial charge in [-0.15, -0.1) is 0 Å². The van der Waals surface area contributed by atoms with Crippen molar-refractivity contribution in [2.45, 2.75) is 45.6 Å². The highest BCUT2D eigenvalue weighted by atomic mass is 16.6. The Morgan fingerprint density at radius 1 is 1.29 bits per heavy atom. The van der Waals surface area contributed by atoms with Crippen LogP contribution in [0.1, 0.15) is 44.2 Å². The summed E-state index contributed by atoms with van der Waals surface area (Å²) in [5.74, 6) is 0.382. The smallest absolute Gasteiger partial charge is 0.310 e. The van der Waals surface area contributed by atoms with Crippen LogP contribution in [0, 0.1) is 12.8 Å². The monoisotopic (exact) mass is 232 g/mol. The summed E-state index contributed by atoms with van der Waals surface area (Å²) in [5, 5.41) is 0. The first-order valence-electron chi connectivity index (χ1n) is 6.17. The van der Waals surface area contributed by atoms with Gasteiger partial charge in [-0.3, -0.25) is 4.79 Å². The molecule has 0 aromatic heterocycles. The zero-order valence-electron chi connectivity index (χ0n) is 11.0. The van der Waals surface area contributed by atoms with Crippen LogP contribution in [0.3, 0.4) is 0 Å². The van der Waals surface area contributed by atoms with Gasteiger partial charge in [0.1, 0.15) is 5.60 Å². The van der Waals surface area contributed by atoms with Gasteiger partial charge >= 0.3 is 5.97 Å². The van der Waals surface area contributed by atoms with Gasteiger partial charge in [-0.1, -0.05) is 24.3 Å². The van der Waals surface area contributed by atoms with Crippen molar-refractivity contribution in [2.24, 2.45) is 5.92 Å². The maximum absolute atomic E-state index is 11.9. The van der Waals surface area contributed by atoms with Gasteiger partial charge in [-0.2, -0.15) is 0 Å². The predicted octanol–water partition coefficient (Wildman–Crippen LogP) is 3.44. The molecule has 92 valence electrons. The first kappa shape index (κ1) is 12.2. The van der Waals surface area contributed by atoms with Gasteiger partial charge in [0.25, 0.3) is 0 Å². The molecule has 0 N–H and O–H groups in total. The van der Waals surface area contributed by atoms with Crippen LogP contribution >= 0.6 is 0 Å². The number of hydrogen-bond donors (Lipinski definition) is 0. The van der Waals surface area contributed by atoms with E-state index < -0.39 is 0 Å². The van der Waals surface area contributed by atoms with Crippen LogP contribution in [0.15, 0.2) is 24.3 Å². The zero-order chi connectivity index (χ0) is 12.6. The lowest BCUT2D eigenvalue weighted by molar-refractivity contribution is -0.156. The summed E-state index contributed by atoms with van der Waals surface area (Å²) in [5.41, 5.74) is 2.18. The van der Waals surface area contributed by atoms with Crippen molar-refractivity contribution in [3.05, 3.63) is 35.4 Å². The minimum atomic E-state index is -0.379. The second kappa shape index (κ2) is 4.17. The van der Waals surface area contributed by atoms with Crippen molar-refractivity contribution < 1.29 is 9.53 Å². The van der Waals surface area contributed by atoms with E-state index in [-0.39, 0.29) is 17.5 Å². The molecule has 1 saturated carbocycles. The third-order valence-corrected chi connectivity index (χ3v) is 3.09. The third-order valence-electron chi connectivity index (χ3n) is 3.09.